The minimum absolute atomic E-state index is 0.713. The number of nitrogens with zero attached hydrogens (tertiary/aromatic N) is 2. The highest BCUT2D eigenvalue weighted by molar-refractivity contribution is 5.24. The molecule has 1 heterocycles. The fourth-order valence-electron chi connectivity index (χ4n) is 2.85. The Labute approximate surface area is 124 Å². The van der Waals surface area contributed by atoms with Gasteiger partial charge in [0.25, 0.3) is 0 Å². The van der Waals surface area contributed by atoms with Crippen molar-refractivity contribution in [3.05, 3.63) is 17.0 Å². The van der Waals surface area contributed by atoms with Crippen LogP contribution in [0.5, 0.6) is 0 Å². The van der Waals surface area contributed by atoms with Crippen LogP contribution in [-0.2, 0) is 13.0 Å². The number of rotatable bonds is 11. The van der Waals surface area contributed by atoms with Crippen molar-refractivity contribution in [2.24, 2.45) is 5.73 Å². The Kier molecular flexibility index (Phi) is 8.59. The van der Waals surface area contributed by atoms with Crippen molar-refractivity contribution < 1.29 is 0 Å². The molecule has 0 unspecified atom stereocenters. The van der Waals surface area contributed by atoms with Gasteiger partial charge in [-0.3, -0.25) is 4.68 Å². The molecule has 0 aliphatic heterocycles. The van der Waals surface area contributed by atoms with Gasteiger partial charge in [0.15, 0.2) is 0 Å². The van der Waals surface area contributed by atoms with Gasteiger partial charge in [-0.2, -0.15) is 5.10 Å². The molecule has 0 amide bonds. The van der Waals surface area contributed by atoms with E-state index in [-0.39, 0.29) is 0 Å². The van der Waals surface area contributed by atoms with Crippen LogP contribution in [0.2, 0.25) is 0 Å². The molecule has 2 N–H and O–H groups in total. The normalized spacial score (nSPS) is 11.2. The highest BCUT2D eigenvalue weighted by Gasteiger charge is 2.09. The van der Waals surface area contributed by atoms with Crippen LogP contribution in [0.1, 0.15) is 75.2 Å². The second-order valence-corrected chi connectivity index (χ2v) is 5.89. The van der Waals surface area contributed by atoms with Crippen LogP contribution in [0.3, 0.4) is 0 Å². The Hall–Kier alpha value is -0.830. The summed E-state index contributed by atoms with van der Waals surface area (Å²) in [6, 6.07) is 0. The van der Waals surface area contributed by atoms with Crippen molar-refractivity contribution in [3.8, 4) is 0 Å². The number of unbranched alkanes of at least 4 members (excludes halogenated alkanes) is 7. The van der Waals surface area contributed by atoms with E-state index in [0.29, 0.717) is 6.54 Å². The smallest absolute Gasteiger partial charge is 0.0628 e. The summed E-state index contributed by atoms with van der Waals surface area (Å²) in [6.45, 7) is 8.32. The first-order valence-corrected chi connectivity index (χ1v) is 8.43. The fraction of sp³-hybridized carbons (Fsp3) is 0.824. The van der Waals surface area contributed by atoms with Crippen molar-refractivity contribution in [1.29, 1.82) is 0 Å². The van der Waals surface area contributed by atoms with Gasteiger partial charge in [0.2, 0.25) is 0 Å². The molecule has 0 spiro atoms. The highest BCUT2D eigenvalue weighted by atomic mass is 15.3. The van der Waals surface area contributed by atoms with E-state index in [1.165, 1.54) is 62.6 Å². The van der Waals surface area contributed by atoms with Crippen LogP contribution in [0.4, 0.5) is 0 Å². The SMILES string of the molecule is CCCCCCCCCCn1nc(C)c(CCN)c1C. The second kappa shape index (κ2) is 9.98. The van der Waals surface area contributed by atoms with Crippen molar-refractivity contribution in [2.45, 2.75) is 85.1 Å². The fourth-order valence-corrected chi connectivity index (χ4v) is 2.85. The molecule has 1 aromatic rings. The third-order valence-electron chi connectivity index (χ3n) is 4.15. The van der Waals surface area contributed by atoms with Crippen LogP contribution in [-0.4, -0.2) is 16.3 Å². The first kappa shape index (κ1) is 17.2. The second-order valence-electron chi connectivity index (χ2n) is 5.89. The third-order valence-corrected chi connectivity index (χ3v) is 4.15. The van der Waals surface area contributed by atoms with E-state index in [9.17, 15) is 0 Å². The molecule has 0 fully saturated rings. The third kappa shape index (κ3) is 5.66. The predicted molar refractivity (Wildman–Crippen MR) is 87.1 cm³/mol. The minimum atomic E-state index is 0.713. The van der Waals surface area contributed by atoms with Gasteiger partial charge in [0, 0.05) is 12.2 Å². The highest BCUT2D eigenvalue weighted by Crippen LogP contribution is 2.15. The number of hydrogen-bond acceptors (Lipinski definition) is 2. The first-order chi connectivity index (χ1) is 9.70. The molecule has 0 aromatic carbocycles. The zero-order valence-electron chi connectivity index (χ0n) is 13.7. The summed E-state index contributed by atoms with van der Waals surface area (Å²) in [4.78, 5) is 0. The molecule has 0 radical (unpaired) electrons. The molecule has 1 rings (SSSR count). The number of hydrogen-bond donors (Lipinski definition) is 1. The van der Waals surface area contributed by atoms with E-state index in [4.69, 9.17) is 5.73 Å². The van der Waals surface area contributed by atoms with Crippen molar-refractivity contribution >= 4 is 0 Å². The lowest BCUT2D eigenvalue weighted by Crippen LogP contribution is -2.06. The van der Waals surface area contributed by atoms with Crippen molar-refractivity contribution in [2.75, 3.05) is 6.54 Å². The summed E-state index contributed by atoms with van der Waals surface area (Å²) in [5, 5.41) is 4.65. The maximum atomic E-state index is 5.66. The molecular formula is C17H33N3. The molecular weight excluding hydrogens is 246 g/mol. The Morgan fingerprint density at radius 3 is 2.15 bits per heavy atom. The van der Waals surface area contributed by atoms with Gasteiger partial charge in [0.1, 0.15) is 0 Å². The zero-order chi connectivity index (χ0) is 14.8. The number of aromatic nitrogens is 2. The first-order valence-electron chi connectivity index (χ1n) is 8.43. The zero-order valence-corrected chi connectivity index (χ0v) is 13.7. The van der Waals surface area contributed by atoms with Gasteiger partial charge in [-0.05, 0) is 38.8 Å². The van der Waals surface area contributed by atoms with Crippen LogP contribution < -0.4 is 5.73 Å². The predicted octanol–water partition coefficient (Wildman–Crippen LogP) is 4.14. The monoisotopic (exact) mass is 279 g/mol. The molecule has 3 heteroatoms. The summed E-state index contributed by atoms with van der Waals surface area (Å²) >= 11 is 0. The topological polar surface area (TPSA) is 43.8 Å². The van der Waals surface area contributed by atoms with E-state index in [1.807, 2.05) is 0 Å². The average Bonchev–Trinajstić information content (AvgIpc) is 2.70. The summed E-state index contributed by atoms with van der Waals surface area (Å²) < 4.78 is 2.18. The number of nitrogens with two attached hydrogens (primary N) is 1. The molecule has 0 atom stereocenters. The van der Waals surface area contributed by atoms with E-state index in [0.717, 1.165) is 18.7 Å². The summed E-state index contributed by atoms with van der Waals surface area (Å²) in [5.41, 5.74) is 9.49. The van der Waals surface area contributed by atoms with E-state index in [2.05, 4.69) is 30.6 Å². The lowest BCUT2D eigenvalue weighted by Gasteiger charge is -2.05. The maximum absolute atomic E-state index is 5.66. The molecule has 0 saturated heterocycles. The molecule has 20 heavy (non-hydrogen) atoms. The largest absolute Gasteiger partial charge is 0.330 e. The van der Waals surface area contributed by atoms with E-state index >= 15 is 0 Å². The Bertz CT molecular complexity index is 369. The van der Waals surface area contributed by atoms with Gasteiger partial charge in [-0.15, -0.1) is 0 Å². The van der Waals surface area contributed by atoms with E-state index < -0.39 is 0 Å². The van der Waals surface area contributed by atoms with Gasteiger partial charge in [-0.25, -0.2) is 0 Å². The average molecular weight is 279 g/mol. The standard InChI is InChI=1S/C17H33N3/c1-4-5-6-7-8-9-10-11-14-20-16(3)17(12-13-18)15(2)19-20/h4-14,18H2,1-3H3. The molecule has 3 nitrogen and oxygen atoms in total. The Morgan fingerprint density at radius 1 is 0.950 bits per heavy atom. The molecule has 0 saturated carbocycles. The Morgan fingerprint density at radius 2 is 1.55 bits per heavy atom. The number of aryl methyl sites for hydroxylation is 2. The molecule has 0 bridgehead atoms. The van der Waals surface area contributed by atoms with Gasteiger partial charge in [-0.1, -0.05) is 51.9 Å². The molecule has 0 aliphatic carbocycles. The minimum Gasteiger partial charge on any atom is -0.330 e. The lowest BCUT2D eigenvalue weighted by molar-refractivity contribution is 0.511. The van der Waals surface area contributed by atoms with Crippen LogP contribution in [0.15, 0.2) is 0 Å². The molecule has 0 aliphatic rings. The van der Waals surface area contributed by atoms with Gasteiger partial charge < -0.3 is 5.73 Å². The Balaban J connectivity index is 2.20. The van der Waals surface area contributed by atoms with Gasteiger partial charge >= 0.3 is 0 Å². The quantitative estimate of drug-likeness (QED) is 0.619. The van der Waals surface area contributed by atoms with Crippen molar-refractivity contribution in [3.63, 3.8) is 0 Å². The summed E-state index contributed by atoms with van der Waals surface area (Å²) in [6.07, 6.45) is 11.9. The summed E-state index contributed by atoms with van der Waals surface area (Å²) in [5.74, 6) is 0. The molecule has 116 valence electrons. The van der Waals surface area contributed by atoms with Crippen LogP contribution in [0, 0.1) is 13.8 Å². The lowest BCUT2D eigenvalue weighted by atomic mass is 10.1. The van der Waals surface area contributed by atoms with E-state index in [1.54, 1.807) is 0 Å². The van der Waals surface area contributed by atoms with Gasteiger partial charge in [0.05, 0.1) is 5.69 Å². The van der Waals surface area contributed by atoms with Crippen LogP contribution in [0.25, 0.3) is 0 Å². The van der Waals surface area contributed by atoms with Crippen LogP contribution >= 0.6 is 0 Å². The molecule has 1 aromatic heterocycles. The van der Waals surface area contributed by atoms with Crippen molar-refractivity contribution in [1.82, 2.24) is 9.78 Å². The maximum Gasteiger partial charge on any atom is 0.0628 e. The summed E-state index contributed by atoms with van der Waals surface area (Å²) in [7, 11) is 0.